The molecule has 0 aliphatic carbocycles. The summed E-state index contributed by atoms with van der Waals surface area (Å²) in [6, 6.07) is 23.4. The lowest BCUT2D eigenvalue weighted by atomic mass is 10.0. The van der Waals surface area contributed by atoms with Crippen LogP contribution >= 0.6 is 11.8 Å². The Bertz CT molecular complexity index is 1240. The summed E-state index contributed by atoms with van der Waals surface area (Å²) in [6.07, 6.45) is -0.0951. The summed E-state index contributed by atoms with van der Waals surface area (Å²) in [6.45, 7) is 1.88. The van der Waals surface area contributed by atoms with Crippen molar-refractivity contribution in [3.8, 4) is 16.9 Å². The van der Waals surface area contributed by atoms with Gasteiger partial charge in [0, 0.05) is 23.5 Å². The summed E-state index contributed by atoms with van der Waals surface area (Å²) in [5, 5.41) is 14.7. The minimum atomic E-state index is -1.17. The molecule has 3 aromatic rings. The summed E-state index contributed by atoms with van der Waals surface area (Å²) >= 11 is 1.53. The van der Waals surface area contributed by atoms with Crippen molar-refractivity contribution >= 4 is 29.5 Å². The van der Waals surface area contributed by atoms with Crippen molar-refractivity contribution in [2.75, 3.05) is 12.9 Å². The van der Waals surface area contributed by atoms with E-state index in [1.165, 1.54) is 11.8 Å². The molecule has 206 valence electrons. The fourth-order valence-corrected chi connectivity index (χ4v) is 4.97. The Kier molecular flexibility index (Phi) is 11.4. The number of hydrogen-bond donors (Lipinski definition) is 4. The van der Waals surface area contributed by atoms with Gasteiger partial charge in [0.2, 0.25) is 11.8 Å². The first-order chi connectivity index (χ1) is 18.8. The van der Waals surface area contributed by atoms with Gasteiger partial charge < -0.3 is 26.2 Å². The van der Waals surface area contributed by atoms with Crippen molar-refractivity contribution in [3.05, 3.63) is 90.0 Å². The number of benzene rings is 3. The van der Waals surface area contributed by atoms with Gasteiger partial charge in [-0.2, -0.15) is 11.8 Å². The quantitative estimate of drug-likeness (QED) is 0.238. The zero-order chi connectivity index (χ0) is 28.2. The summed E-state index contributed by atoms with van der Waals surface area (Å²) in [5.74, 6) is -0.0935. The van der Waals surface area contributed by atoms with Crippen LogP contribution in [0.3, 0.4) is 0 Å². The SMILES string of the molecule is COc1ccccc1-c1ccc(CSC[C@H](NC(=O)CC[C@H](N)C(=O)O)C(=O)N[C@@H](C)c2ccccc2)cc1. The normalized spacial score (nSPS) is 13.1. The number of nitrogens with one attached hydrogen (secondary N) is 2. The van der Waals surface area contributed by atoms with Gasteiger partial charge in [-0.3, -0.25) is 14.4 Å². The van der Waals surface area contributed by atoms with Crippen molar-refractivity contribution in [2.45, 2.75) is 43.6 Å². The Labute approximate surface area is 233 Å². The van der Waals surface area contributed by atoms with E-state index in [1.807, 2.05) is 85.8 Å². The number of nitrogens with two attached hydrogens (primary N) is 1. The number of para-hydroxylation sites is 1. The van der Waals surface area contributed by atoms with Crippen LogP contribution in [0.25, 0.3) is 11.1 Å². The van der Waals surface area contributed by atoms with Crippen LogP contribution in [-0.2, 0) is 20.1 Å². The maximum absolute atomic E-state index is 13.1. The van der Waals surface area contributed by atoms with Crippen LogP contribution in [0.15, 0.2) is 78.9 Å². The van der Waals surface area contributed by atoms with Crippen LogP contribution in [0.4, 0.5) is 0 Å². The van der Waals surface area contributed by atoms with Crippen LogP contribution in [-0.4, -0.2) is 47.8 Å². The van der Waals surface area contributed by atoms with Crippen molar-refractivity contribution in [1.29, 1.82) is 0 Å². The fourth-order valence-electron chi connectivity index (χ4n) is 3.96. The molecule has 3 atom stereocenters. The highest BCUT2D eigenvalue weighted by Gasteiger charge is 2.23. The van der Waals surface area contributed by atoms with Gasteiger partial charge in [0.05, 0.1) is 13.2 Å². The van der Waals surface area contributed by atoms with E-state index < -0.39 is 24.0 Å². The molecule has 3 rings (SSSR count). The van der Waals surface area contributed by atoms with E-state index in [0.717, 1.165) is 28.0 Å². The molecule has 0 heterocycles. The van der Waals surface area contributed by atoms with E-state index in [0.29, 0.717) is 11.5 Å². The molecule has 0 spiro atoms. The molecule has 8 nitrogen and oxygen atoms in total. The van der Waals surface area contributed by atoms with Crippen molar-refractivity contribution in [2.24, 2.45) is 5.73 Å². The van der Waals surface area contributed by atoms with E-state index in [2.05, 4.69) is 10.6 Å². The number of aliphatic carboxylic acids is 1. The maximum atomic E-state index is 13.1. The molecular weight excluding hydrogens is 514 g/mol. The number of carboxylic acids is 1. The number of amides is 2. The number of carbonyl (C=O) groups excluding carboxylic acids is 2. The lowest BCUT2D eigenvalue weighted by molar-refractivity contribution is -0.138. The third-order valence-electron chi connectivity index (χ3n) is 6.23. The van der Waals surface area contributed by atoms with Gasteiger partial charge in [-0.1, -0.05) is 72.8 Å². The Hall–Kier alpha value is -3.82. The first kappa shape index (κ1) is 29.7. The van der Waals surface area contributed by atoms with Gasteiger partial charge in [0.15, 0.2) is 0 Å². The van der Waals surface area contributed by atoms with E-state index >= 15 is 0 Å². The average Bonchev–Trinajstić information content (AvgIpc) is 2.96. The number of methoxy groups -OCH3 is 1. The van der Waals surface area contributed by atoms with Crippen molar-refractivity contribution in [1.82, 2.24) is 10.6 Å². The predicted molar refractivity (Wildman–Crippen MR) is 154 cm³/mol. The summed E-state index contributed by atoms with van der Waals surface area (Å²) < 4.78 is 5.46. The van der Waals surface area contributed by atoms with Gasteiger partial charge in [0.1, 0.15) is 17.8 Å². The lowest BCUT2D eigenvalue weighted by Gasteiger charge is -2.22. The zero-order valence-corrected chi connectivity index (χ0v) is 22.9. The molecule has 0 unspecified atom stereocenters. The molecule has 0 aromatic heterocycles. The summed E-state index contributed by atoms with van der Waals surface area (Å²) in [5.41, 5.74) is 9.60. The van der Waals surface area contributed by atoms with Crippen molar-refractivity contribution < 1.29 is 24.2 Å². The highest BCUT2D eigenvalue weighted by Crippen LogP contribution is 2.30. The molecule has 39 heavy (non-hydrogen) atoms. The second-order valence-corrected chi connectivity index (χ2v) is 10.2. The number of carboxylic acid groups (broad SMARTS) is 1. The minimum absolute atomic E-state index is 0.0123. The number of thioether (sulfide) groups is 1. The molecule has 0 saturated heterocycles. The van der Waals surface area contributed by atoms with Crippen LogP contribution in [0, 0.1) is 0 Å². The van der Waals surface area contributed by atoms with Crippen LogP contribution in [0.2, 0.25) is 0 Å². The highest BCUT2D eigenvalue weighted by atomic mass is 32.2. The molecule has 0 radical (unpaired) electrons. The predicted octanol–water partition coefficient (Wildman–Crippen LogP) is 4.15. The number of hydrogen-bond acceptors (Lipinski definition) is 6. The van der Waals surface area contributed by atoms with Crippen LogP contribution < -0.4 is 21.1 Å². The van der Waals surface area contributed by atoms with Gasteiger partial charge in [0.25, 0.3) is 0 Å². The van der Waals surface area contributed by atoms with E-state index in [9.17, 15) is 14.4 Å². The molecule has 2 amide bonds. The molecular formula is C30H35N3O5S. The molecule has 0 saturated carbocycles. The summed E-state index contributed by atoms with van der Waals surface area (Å²) in [7, 11) is 1.65. The molecule has 0 aliphatic heterocycles. The van der Waals surface area contributed by atoms with Gasteiger partial charge >= 0.3 is 5.97 Å². The third-order valence-corrected chi connectivity index (χ3v) is 7.34. The van der Waals surface area contributed by atoms with E-state index in [1.54, 1.807) is 7.11 Å². The Morgan fingerprint density at radius 2 is 1.62 bits per heavy atom. The maximum Gasteiger partial charge on any atom is 0.320 e. The lowest BCUT2D eigenvalue weighted by Crippen LogP contribution is -2.49. The second kappa shape index (κ2) is 14.9. The smallest absolute Gasteiger partial charge is 0.320 e. The first-order valence-corrected chi connectivity index (χ1v) is 13.9. The molecule has 0 aliphatic rings. The van der Waals surface area contributed by atoms with Gasteiger partial charge in [-0.05, 0) is 36.1 Å². The van der Waals surface area contributed by atoms with Gasteiger partial charge in [-0.15, -0.1) is 0 Å². The Balaban J connectivity index is 1.62. The number of rotatable bonds is 14. The average molecular weight is 550 g/mol. The monoisotopic (exact) mass is 549 g/mol. The third kappa shape index (κ3) is 9.15. The van der Waals surface area contributed by atoms with Crippen molar-refractivity contribution in [3.63, 3.8) is 0 Å². The zero-order valence-electron chi connectivity index (χ0n) is 22.1. The highest BCUT2D eigenvalue weighted by molar-refractivity contribution is 7.98. The second-order valence-electron chi connectivity index (χ2n) is 9.16. The van der Waals surface area contributed by atoms with Crippen LogP contribution in [0.5, 0.6) is 5.75 Å². The first-order valence-electron chi connectivity index (χ1n) is 12.7. The molecule has 3 aromatic carbocycles. The van der Waals surface area contributed by atoms with Crippen LogP contribution in [0.1, 0.15) is 36.9 Å². The number of carbonyl (C=O) groups is 3. The summed E-state index contributed by atoms with van der Waals surface area (Å²) in [4.78, 5) is 36.7. The Morgan fingerprint density at radius 1 is 0.949 bits per heavy atom. The van der Waals surface area contributed by atoms with E-state index in [4.69, 9.17) is 15.6 Å². The molecule has 9 heteroatoms. The minimum Gasteiger partial charge on any atom is -0.496 e. The Morgan fingerprint density at radius 3 is 2.28 bits per heavy atom. The fraction of sp³-hybridized carbons (Fsp3) is 0.300. The standard InChI is InChI=1S/C30H35N3O5S/c1-20(22-8-4-3-5-9-22)32-29(35)26(33-28(34)17-16-25(31)30(36)37)19-39-18-21-12-14-23(15-13-21)24-10-6-7-11-27(24)38-2/h3-15,20,25-26H,16-19,31H2,1-2H3,(H,32,35)(H,33,34)(H,36,37)/t20-,25-,26-/m0/s1. The van der Waals surface area contributed by atoms with E-state index in [-0.39, 0.29) is 24.8 Å². The van der Waals surface area contributed by atoms with Gasteiger partial charge in [-0.25, -0.2) is 0 Å². The molecule has 0 bridgehead atoms. The topological polar surface area (TPSA) is 131 Å². The molecule has 0 fully saturated rings. The largest absolute Gasteiger partial charge is 0.496 e. The number of ether oxygens (including phenoxy) is 1. The molecule has 5 N–H and O–H groups in total.